The number of benzene rings is 2. The molecule has 0 saturated carbocycles. The molecule has 0 radical (unpaired) electrons. The van der Waals surface area contributed by atoms with Crippen molar-refractivity contribution in [3.63, 3.8) is 0 Å². The fraction of sp³-hybridized carbons (Fsp3) is 0.200. The van der Waals surface area contributed by atoms with E-state index in [1.54, 1.807) is 6.07 Å². The molecule has 1 heterocycles. The first-order valence-electron chi connectivity index (χ1n) is 6.04. The van der Waals surface area contributed by atoms with Crippen LogP contribution in [0, 0.1) is 5.82 Å². The van der Waals surface area contributed by atoms with Crippen LogP contribution in [-0.2, 0) is 5.54 Å². The van der Waals surface area contributed by atoms with Crippen LogP contribution in [0.4, 0.5) is 15.8 Å². The SMILES string of the molecule is CC1(c2ccccc2)CNc2ccc(F)cc2N1. The average Bonchev–Trinajstić information content (AvgIpc) is 2.39. The Morgan fingerprint density at radius 2 is 1.83 bits per heavy atom. The molecule has 2 aromatic carbocycles. The van der Waals surface area contributed by atoms with Gasteiger partial charge in [0.15, 0.2) is 0 Å². The van der Waals surface area contributed by atoms with Gasteiger partial charge in [0, 0.05) is 6.54 Å². The van der Waals surface area contributed by atoms with Crippen molar-refractivity contribution in [2.45, 2.75) is 12.5 Å². The molecule has 2 nitrogen and oxygen atoms in total. The van der Waals surface area contributed by atoms with E-state index in [0.29, 0.717) is 0 Å². The van der Waals surface area contributed by atoms with Crippen LogP contribution in [0.5, 0.6) is 0 Å². The van der Waals surface area contributed by atoms with E-state index in [2.05, 4.69) is 29.7 Å². The fourth-order valence-corrected chi connectivity index (χ4v) is 2.37. The Balaban J connectivity index is 1.99. The zero-order chi connectivity index (χ0) is 12.6. The summed E-state index contributed by atoms with van der Waals surface area (Å²) in [5.74, 6) is -0.222. The highest BCUT2D eigenvalue weighted by Gasteiger charge is 2.30. The quantitative estimate of drug-likeness (QED) is 0.798. The zero-order valence-electron chi connectivity index (χ0n) is 10.2. The molecule has 3 rings (SSSR count). The molecule has 0 saturated heterocycles. The Bertz CT molecular complexity index is 568. The van der Waals surface area contributed by atoms with Gasteiger partial charge in [-0.05, 0) is 30.7 Å². The lowest BCUT2D eigenvalue weighted by Crippen LogP contribution is -2.42. The van der Waals surface area contributed by atoms with E-state index in [1.165, 1.54) is 17.7 Å². The van der Waals surface area contributed by atoms with Crippen LogP contribution in [0.25, 0.3) is 0 Å². The molecule has 1 atom stereocenters. The van der Waals surface area contributed by atoms with Crippen molar-refractivity contribution >= 4 is 11.4 Å². The van der Waals surface area contributed by atoms with E-state index in [9.17, 15) is 4.39 Å². The van der Waals surface area contributed by atoms with E-state index in [4.69, 9.17) is 0 Å². The van der Waals surface area contributed by atoms with Gasteiger partial charge in [-0.25, -0.2) is 4.39 Å². The van der Waals surface area contributed by atoms with Crippen LogP contribution in [0.3, 0.4) is 0 Å². The van der Waals surface area contributed by atoms with Crippen LogP contribution in [0.2, 0.25) is 0 Å². The van der Waals surface area contributed by atoms with Crippen molar-refractivity contribution in [1.29, 1.82) is 0 Å². The Labute approximate surface area is 106 Å². The lowest BCUT2D eigenvalue weighted by molar-refractivity contribution is 0.562. The summed E-state index contributed by atoms with van der Waals surface area (Å²) in [7, 11) is 0. The van der Waals surface area contributed by atoms with E-state index in [1.807, 2.05) is 18.2 Å². The van der Waals surface area contributed by atoms with Crippen LogP contribution in [0.1, 0.15) is 12.5 Å². The van der Waals surface area contributed by atoms with Gasteiger partial charge in [-0.1, -0.05) is 30.3 Å². The van der Waals surface area contributed by atoms with Crippen LogP contribution >= 0.6 is 0 Å². The molecule has 1 unspecified atom stereocenters. The summed E-state index contributed by atoms with van der Waals surface area (Å²) in [5.41, 5.74) is 2.73. The molecular weight excluding hydrogens is 227 g/mol. The second-order valence-electron chi connectivity index (χ2n) is 4.87. The molecule has 92 valence electrons. The Morgan fingerprint density at radius 1 is 1.06 bits per heavy atom. The molecule has 18 heavy (non-hydrogen) atoms. The number of halogens is 1. The summed E-state index contributed by atoms with van der Waals surface area (Å²) in [6.07, 6.45) is 0. The first-order valence-corrected chi connectivity index (χ1v) is 6.04. The zero-order valence-corrected chi connectivity index (χ0v) is 10.2. The molecule has 1 aliphatic rings. The highest BCUT2D eigenvalue weighted by Crippen LogP contribution is 2.35. The van der Waals surface area contributed by atoms with Gasteiger partial charge in [0.1, 0.15) is 5.82 Å². The van der Waals surface area contributed by atoms with Crippen molar-refractivity contribution in [2.75, 3.05) is 17.2 Å². The van der Waals surface area contributed by atoms with Crippen molar-refractivity contribution in [2.24, 2.45) is 0 Å². The third-order valence-electron chi connectivity index (χ3n) is 3.44. The third-order valence-corrected chi connectivity index (χ3v) is 3.44. The second kappa shape index (κ2) is 4.02. The normalized spacial score (nSPS) is 21.7. The smallest absolute Gasteiger partial charge is 0.125 e. The highest BCUT2D eigenvalue weighted by atomic mass is 19.1. The lowest BCUT2D eigenvalue weighted by Gasteiger charge is -2.38. The highest BCUT2D eigenvalue weighted by molar-refractivity contribution is 5.72. The predicted molar refractivity (Wildman–Crippen MR) is 72.3 cm³/mol. The van der Waals surface area contributed by atoms with E-state index in [0.717, 1.165) is 17.9 Å². The van der Waals surface area contributed by atoms with Gasteiger partial charge in [-0.15, -0.1) is 0 Å². The third kappa shape index (κ3) is 1.82. The molecule has 2 N–H and O–H groups in total. The van der Waals surface area contributed by atoms with Gasteiger partial charge in [0.05, 0.1) is 16.9 Å². The maximum atomic E-state index is 13.3. The molecule has 0 aliphatic carbocycles. The number of hydrogen-bond acceptors (Lipinski definition) is 2. The topological polar surface area (TPSA) is 24.1 Å². The number of anilines is 2. The largest absolute Gasteiger partial charge is 0.381 e. The Kier molecular flexibility index (Phi) is 2.47. The molecule has 2 aromatic rings. The van der Waals surface area contributed by atoms with Crippen molar-refractivity contribution in [3.8, 4) is 0 Å². The summed E-state index contributed by atoms with van der Waals surface area (Å²) in [4.78, 5) is 0. The Hall–Kier alpha value is -2.03. The predicted octanol–water partition coefficient (Wildman–Crippen LogP) is 3.58. The number of hydrogen-bond donors (Lipinski definition) is 2. The van der Waals surface area contributed by atoms with E-state index < -0.39 is 0 Å². The fourth-order valence-electron chi connectivity index (χ4n) is 2.37. The minimum atomic E-state index is -0.222. The van der Waals surface area contributed by atoms with E-state index >= 15 is 0 Å². The van der Waals surface area contributed by atoms with Gasteiger partial charge in [0.2, 0.25) is 0 Å². The Morgan fingerprint density at radius 3 is 2.61 bits per heavy atom. The first-order chi connectivity index (χ1) is 8.67. The minimum absolute atomic E-state index is 0.220. The lowest BCUT2D eigenvalue weighted by atomic mass is 9.89. The van der Waals surface area contributed by atoms with Crippen molar-refractivity contribution in [3.05, 3.63) is 59.9 Å². The maximum absolute atomic E-state index is 13.3. The molecule has 0 spiro atoms. The van der Waals surface area contributed by atoms with Gasteiger partial charge in [-0.2, -0.15) is 0 Å². The standard InChI is InChI=1S/C15H15FN2/c1-15(11-5-3-2-4-6-11)10-17-13-8-7-12(16)9-14(13)18-15/h2-9,17-18H,10H2,1H3. The van der Waals surface area contributed by atoms with Crippen molar-refractivity contribution in [1.82, 2.24) is 0 Å². The average molecular weight is 242 g/mol. The molecule has 0 bridgehead atoms. The molecule has 0 aromatic heterocycles. The second-order valence-corrected chi connectivity index (χ2v) is 4.87. The van der Waals surface area contributed by atoms with Crippen LogP contribution < -0.4 is 10.6 Å². The summed E-state index contributed by atoms with van der Waals surface area (Å²) in [6.45, 7) is 2.89. The van der Waals surface area contributed by atoms with Crippen LogP contribution in [0.15, 0.2) is 48.5 Å². The summed E-state index contributed by atoms with van der Waals surface area (Å²) >= 11 is 0. The van der Waals surface area contributed by atoms with Gasteiger partial charge in [0.25, 0.3) is 0 Å². The summed E-state index contributed by atoms with van der Waals surface area (Å²) in [5, 5.41) is 6.78. The monoisotopic (exact) mass is 242 g/mol. The molecular formula is C15H15FN2. The molecule has 0 fully saturated rings. The first kappa shape index (κ1) is 11.1. The number of nitrogens with one attached hydrogen (secondary N) is 2. The summed E-state index contributed by atoms with van der Waals surface area (Å²) in [6, 6.07) is 15.0. The maximum Gasteiger partial charge on any atom is 0.125 e. The van der Waals surface area contributed by atoms with Gasteiger partial charge in [-0.3, -0.25) is 0 Å². The number of fused-ring (bicyclic) bond motifs is 1. The van der Waals surface area contributed by atoms with Crippen molar-refractivity contribution < 1.29 is 4.39 Å². The molecule has 3 heteroatoms. The van der Waals surface area contributed by atoms with E-state index in [-0.39, 0.29) is 11.4 Å². The van der Waals surface area contributed by atoms with Gasteiger partial charge >= 0.3 is 0 Å². The molecule has 0 amide bonds. The molecule has 1 aliphatic heterocycles. The number of rotatable bonds is 1. The minimum Gasteiger partial charge on any atom is -0.381 e. The summed E-state index contributed by atoms with van der Waals surface area (Å²) < 4.78 is 13.3. The van der Waals surface area contributed by atoms with Gasteiger partial charge < -0.3 is 10.6 Å². The van der Waals surface area contributed by atoms with Crippen LogP contribution in [-0.4, -0.2) is 6.54 Å².